The number of aromatic amines is 1. The van der Waals surface area contributed by atoms with Crippen molar-refractivity contribution in [2.75, 3.05) is 24.7 Å². The van der Waals surface area contributed by atoms with Crippen LogP contribution in [0.1, 0.15) is 6.92 Å². The lowest BCUT2D eigenvalue weighted by atomic mass is 10.3. The Morgan fingerprint density at radius 3 is 3.17 bits per heavy atom. The molecule has 0 aliphatic rings. The number of aliphatic hydroxyl groups excluding tert-OH is 1. The Morgan fingerprint density at radius 2 is 2.39 bits per heavy atom. The van der Waals surface area contributed by atoms with Crippen molar-refractivity contribution in [2.24, 2.45) is 0 Å². The van der Waals surface area contributed by atoms with Gasteiger partial charge < -0.3 is 20.6 Å². The maximum Gasteiger partial charge on any atom is 0.166 e. The average molecular weight is 267 g/mol. The van der Waals surface area contributed by atoms with Gasteiger partial charge in [0, 0.05) is 18.0 Å². The lowest BCUT2D eigenvalue weighted by Crippen LogP contribution is -2.17. The van der Waals surface area contributed by atoms with Crippen molar-refractivity contribution < 1.29 is 9.84 Å². The van der Waals surface area contributed by atoms with Crippen molar-refractivity contribution in [1.82, 2.24) is 9.97 Å². The molecule has 0 saturated carbocycles. The van der Waals surface area contributed by atoms with E-state index in [-0.39, 0.29) is 0 Å². The number of ether oxygens (including phenoxy) is 1. The Hall–Kier alpha value is -1.24. The monoisotopic (exact) mass is 267 g/mol. The van der Waals surface area contributed by atoms with Gasteiger partial charge >= 0.3 is 0 Å². The van der Waals surface area contributed by atoms with Crippen LogP contribution in [0.15, 0.2) is 23.4 Å². The molecule has 1 aromatic heterocycles. The van der Waals surface area contributed by atoms with Crippen LogP contribution in [0, 0.1) is 0 Å². The van der Waals surface area contributed by atoms with Crippen molar-refractivity contribution in [3.63, 3.8) is 0 Å². The fourth-order valence-electron chi connectivity index (χ4n) is 1.55. The highest BCUT2D eigenvalue weighted by Crippen LogP contribution is 2.21. The molecule has 1 atom stereocenters. The third-order valence-corrected chi connectivity index (χ3v) is 3.43. The molecular weight excluding hydrogens is 250 g/mol. The molecule has 0 fully saturated rings. The Labute approximate surface area is 110 Å². The van der Waals surface area contributed by atoms with Gasteiger partial charge in [-0.1, -0.05) is 11.8 Å². The number of nitrogens with one attached hydrogen (secondary N) is 1. The van der Waals surface area contributed by atoms with Crippen LogP contribution < -0.4 is 5.73 Å². The number of rotatable bonds is 6. The summed E-state index contributed by atoms with van der Waals surface area (Å²) in [5, 5.41) is 10.4. The Balaban J connectivity index is 1.95. The van der Waals surface area contributed by atoms with Crippen LogP contribution >= 0.6 is 11.8 Å². The smallest absolute Gasteiger partial charge is 0.166 e. The molecule has 1 unspecified atom stereocenters. The van der Waals surface area contributed by atoms with E-state index in [1.165, 1.54) is 11.8 Å². The number of nitrogens with two attached hydrogens (primary N) is 1. The molecule has 0 aliphatic heterocycles. The molecule has 6 heteroatoms. The standard InChI is InChI=1S/C12H17N3O2S/c1-2-17-6-9(16)7-18-12-14-10-4-3-8(13)5-11(10)15-12/h3-5,9,16H,2,6-7,13H2,1H3,(H,14,15). The predicted octanol–water partition coefficient (Wildman–Crippen LogP) is 1.63. The van der Waals surface area contributed by atoms with Gasteiger partial charge in [0.1, 0.15) is 0 Å². The second kappa shape index (κ2) is 6.08. The third-order valence-electron chi connectivity index (χ3n) is 2.41. The zero-order valence-electron chi connectivity index (χ0n) is 10.2. The summed E-state index contributed by atoms with van der Waals surface area (Å²) < 4.78 is 5.15. The van der Waals surface area contributed by atoms with Crippen LogP contribution in [0.2, 0.25) is 0 Å². The molecule has 0 spiro atoms. The van der Waals surface area contributed by atoms with E-state index < -0.39 is 6.10 Å². The van der Waals surface area contributed by atoms with E-state index in [1.54, 1.807) is 0 Å². The maximum absolute atomic E-state index is 9.65. The van der Waals surface area contributed by atoms with Crippen molar-refractivity contribution in [1.29, 1.82) is 0 Å². The molecule has 2 aromatic rings. The summed E-state index contributed by atoms with van der Waals surface area (Å²) in [5.74, 6) is 0.551. The van der Waals surface area contributed by atoms with Crippen molar-refractivity contribution >= 4 is 28.5 Å². The molecule has 0 radical (unpaired) electrons. The largest absolute Gasteiger partial charge is 0.399 e. The normalized spacial score (nSPS) is 13.0. The fourth-order valence-corrected chi connectivity index (χ4v) is 2.34. The number of nitrogens with zero attached hydrogens (tertiary/aromatic N) is 1. The zero-order chi connectivity index (χ0) is 13.0. The summed E-state index contributed by atoms with van der Waals surface area (Å²) in [5.41, 5.74) is 8.20. The minimum absolute atomic E-state index is 0.358. The number of nitrogen functional groups attached to an aromatic ring is 1. The summed E-state index contributed by atoms with van der Waals surface area (Å²) in [4.78, 5) is 7.57. The van der Waals surface area contributed by atoms with E-state index in [9.17, 15) is 5.11 Å². The number of aromatic nitrogens is 2. The maximum atomic E-state index is 9.65. The Morgan fingerprint density at radius 1 is 1.56 bits per heavy atom. The summed E-state index contributed by atoms with van der Waals surface area (Å²) in [6.07, 6.45) is -0.478. The molecule has 2 rings (SSSR count). The summed E-state index contributed by atoms with van der Waals surface area (Å²) >= 11 is 1.47. The van der Waals surface area contributed by atoms with E-state index in [0.29, 0.717) is 24.7 Å². The first-order valence-corrected chi connectivity index (χ1v) is 6.81. The van der Waals surface area contributed by atoms with Crippen LogP contribution in [0.25, 0.3) is 11.0 Å². The summed E-state index contributed by atoms with van der Waals surface area (Å²) in [6.45, 7) is 2.88. The Kier molecular flexibility index (Phi) is 4.46. The topological polar surface area (TPSA) is 84.2 Å². The molecule has 0 bridgehead atoms. The van der Waals surface area contributed by atoms with Crippen molar-refractivity contribution in [3.8, 4) is 0 Å². The third kappa shape index (κ3) is 3.38. The summed E-state index contributed by atoms with van der Waals surface area (Å²) in [7, 11) is 0. The molecule has 5 nitrogen and oxygen atoms in total. The lowest BCUT2D eigenvalue weighted by molar-refractivity contribution is 0.0551. The van der Waals surface area contributed by atoms with E-state index in [0.717, 1.165) is 16.2 Å². The molecule has 0 amide bonds. The number of imidazole rings is 1. The molecule has 1 aromatic carbocycles. The van der Waals surface area contributed by atoms with E-state index >= 15 is 0 Å². The number of thioether (sulfide) groups is 1. The van der Waals surface area contributed by atoms with Crippen LogP contribution in [0.4, 0.5) is 5.69 Å². The van der Waals surface area contributed by atoms with E-state index in [1.807, 2.05) is 25.1 Å². The van der Waals surface area contributed by atoms with Gasteiger partial charge in [-0.05, 0) is 25.1 Å². The minimum Gasteiger partial charge on any atom is -0.399 e. The SMILES string of the molecule is CCOCC(O)CSc1nc2ccc(N)cc2[nH]1. The molecule has 18 heavy (non-hydrogen) atoms. The quantitative estimate of drug-likeness (QED) is 0.547. The molecule has 0 saturated heterocycles. The molecule has 98 valence electrons. The van der Waals surface area contributed by atoms with Gasteiger partial charge in [-0.3, -0.25) is 0 Å². The van der Waals surface area contributed by atoms with Crippen molar-refractivity contribution in [3.05, 3.63) is 18.2 Å². The zero-order valence-corrected chi connectivity index (χ0v) is 11.0. The van der Waals surface area contributed by atoms with Crippen LogP contribution in [-0.4, -0.2) is 40.1 Å². The summed E-state index contributed by atoms with van der Waals surface area (Å²) in [6, 6.07) is 5.55. The van der Waals surface area contributed by atoms with Gasteiger partial charge in [-0.25, -0.2) is 4.98 Å². The van der Waals surface area contributed by atoms with Gasteiger partial charge in [0.15, 0.2) is 5.16 Å². The molecule has 4 N–H and O–H groups in total. The minimum atomic E-state index is -0.478. The number of hydrogen-bond donors (Lipinski definition) is 3. The van der Waals surface area contributed by atoms with E-state index in [4.69, 9.17) is 10.5 Å². The molecular formula is C12H17N3O2S. The van der Waals surface area contributed by atoms with Gasteiger partial charge in [0.25, 0.3) is 0 Å². The van der Waals surface area contributed by atoms with Gasteiger partial charge in [0.05, 0.1) is 23.7 Å². The Bertz CT molecular complexity index is 515. The van der Waals surface area contributed by atoms with Gasteiger partial charge in [-0.2, -0.15) is 0 Å². The van der Waals surface area contributed by atoms with E-state index in [2.05, 4.69) is 9.97 Å². The number of hydrogen-bond acceptors (Lipinski definition) is 5. The first-order valence-electron chi connectivity index (χ1n) is 5.83. The number of benzene rings is 1. The highest BCUT2D eigenvalue weighted by atomic mass is 32.2. The predicted molar refractivity (Wildman–Crippen MR) is 73.7 cm³/mol. The highest BCUT2D eigenvalue weighted by Gasteiger charge is 2.08. The number of anilines is 1. The number of H-pyrrole nitrogens is 1. The highest BCUT2D eigenvalue weighted by molar-refractivity contribution is 7.99. The average Bonchev–Trinajstić information content (AvgIpc) is 2.75. The molecule has 1 heterocycles. The second-order valence-corrected chi connectivity index (χ2v) is 4.95. The lowest BCUT2D eigenvalue weighted by Gasteiger charge is -2.08. The van der Waals surface area contributed by atoms with Crippen molar-refractivity contribution in [2.45, 2.75) is 18.2 Å². The second-order valence-electron chi connectivity index (χ2n) is 3.94. The van der Waals surface area contributed by atoms with Gasteiger partial charge in [-0.15, -0.1) is 0 Å². The van der Waals surface area contributed by atoms with Crippen LogP contribution in [0.3, 0.4) is 0 Å². The number of aliphatic hydroxyl groups is 1. The van der Waals surface area contributed by atoms with Gasteiger partial charge in [0.2, 0.25) is 0 Å². The molecule has 0 aliphatic carbocycles. The van der Waals surface area contributed by atoms with Crippen LogP contribution in [0.5, 0.6) is 0 Å². The first-order chi connectivity index (χ1) is 8.69. The first kappa shape index (κ1) is 13.2. The fraction of sp³-hybridized carbons (Fsp3) is 0.417. The van der Waals surface area contributed by atoms with Crippen LogP contribution in [-0.2, 0) is 4.74 Å². The number of fused-ring (bicyclic) bond motifs is 1.